The van der Waals surface area contributed by atoms with E-state index in [1.807, 2.05) is 24.3 Å². The maximum Gasteiger partial charge on any atom is 0.277 e. The summed E-state index contributed by atoms with van der Waals surface area (Å²) in [5.74, 6) is 0.342. The Balaban J connectivity index is 1.69. The number of carbonyl (C=O) groups is 1. The molecule has 0 spiro atoms. The van der Waals surface area contributed by atoms with Crippen molar-refractivity contribution in [2.45, 2.75) is 18.9 Å². The van der Waals surface area contributed by atoms with Gasteiger partial charge in [0.1, 0.15) is 6.26 Å². The van der Waals surface area contributed by atoms with Crippen LogP contribution in [0.3, 0.4) is 0 Å². The zero-order valence-corrected chi connectivity index (χ0v) is 12.9. The molecule has 104 valence electrons. The standard InChI is InChI=1S/C14H14IN3O2/c15-9-3-5-10(6-4-9)17-13(19)12-8-20-14(18-12)11-2-1-7-16-11/h3-6,8,11,16H,1-2,7H2,(H,17,19). The van der Waals surface area contributed by atoms with Gasteiger partial charge in [-0.3, -0.25) is 4.79 Å². The minimum absolute atomic E-state index is 0.134. The first kappa shape index (κ1) is 13.6. The molecule has 6 heteroatoms. The summed E-state index contributed by atoms with van der Waals surface area (Å²) in [7, 11) is 0. The number of benzene rings is 1. The summed E-state index contributed by atoms with van der Waals surface area (Å²) in [5, 5.41) is 6.10. The van der Waals surface area contributed by atoms with E-state index in [2.05, 4.69) is 38.2 Å². The van der Waals surface area contributed by atoms with E-state index in [1.165, 1.54) is 6.26 Å². The highest BCUT2D eigenvalue weighted by molar-refractivity contribution is 14.1. The third-order valence-electron chi connectivity index (χ3n) is 3.22. The highest BCUT2D eigenvalue weighted by Crippen LogP contribution is 2.22. The van der Waals surface area contributed by atoms with Gasteiger partial charge in [0.05, 0.1) is 6.04 Å². The molecule has 3 rings (SSSR count). The van der Waals surface area contributed by atoms with Crippen LogP contribution in [0.25, 0.3) is 0 Å². The number of carbonyl (C=O) groups excluding carboxylic acids is 1. The predicted octanol–water partition coefficient (Wildman–Crippen LogP) is 2.96. The third-order valence-corrected chi connectivity index (χ3v) is 3.93. The molecule has 0 aliphatic carbocycles. The van der Waals surface area contributed by atoms with E-state index in [1.54, 1.807) is 0 Å². The van der Waals surface area contributed by atoms with Crippen LogP contribution in [0.15, 0.2) is 34.9 Å². The van der Waals surface area contributed by atoms with Gasteiger partial charge in [-0.1, -0.05) is 0 Å². The van der Waals surface area contributed by atoms with Crippen LogP contribution in [0.2, 0.25) is 0 Å². The van der Waals surface area contributed by atoms with Crippen molar-refractivity contribution >= 4 is 34.2 Å². The lowest BCUT2D eigenvalue weighted by atomic mass is 10.2. The number of aromatic nitrogens is 1. The van der Waals surface area contributed by atoms with Gasteiger partial charge in [0.15, 0.2) is 5.69 Å². The van der Waals surface area contributed by atoms with Crippen molar-refractivity contribution in [3.63, 3.8) is 0 Å². The number of amides is 1. The molecular weight excluding hydrogens is 369 g/mol. The first-order valence-electron chi connectivity index (χ1n) is 6.48. The Hall–Kier alpha value is -1.41. The predicted molar refractivity (Wildman–Crippen MR) is 83.6 cm³/mol. The molecule has 1 fully saturated rings. The number of rotatable bonds is 3. The second kappa shape index (κ2) is 5.92. The molecule has 1 saturated heterocycles. The smallest absolute Gasteiger partial charge is 0.277 e. The molecular formula is C14H14IN3O2. The monoisotopic (exact) mass is 383 g/mol. The summed E-state index contributed by atoms with van der Waals surface area (Å²) in [5.41, 5.74) is 1.06. The Labute approximate surface area is 130 Å². The van der Waals surface area contributed by atoms with Gasteiger partial charge in [-0.05, 0) is 66.2 Å². The fourth-order valence-electron chi connectivity index (χ4n) is 2.18. The average Bonchev–Trinajstić information content (AvgIpc) is 3.11. The van der Waals surface area contributed by atoms with Gasteiger partial charge in [0.2, 0.25) is 5.89 Å². The van der Waals surface area contributed by atoms with Gasteiger partial charge in [0.25, 0.3) is 5.91 Å². The second-order valence-electron chi connectivity index (χ2n) is 4.68. The molecule has 0 radical (unpaired) electrons. The van der Waals surface area contributed by atoms with Crippen LogP contribution in [0.1, 0.15) is 35.3 Å². The first-order valence-corrected chi connectivity index (χ1v) is 7.56. The molecule has 1 aliphatic heterocycles. The number of hydrogen-bond acceptors (Lipinski definition) is 4. The summed E-state index contributed by atoms with van der Waals surface area (Å²) in [6.45, 7) is 0.969. The SMILES string of the molecule is O=C(Nc1ccc(I)cc1)c1coc(C2CCCN2)n1. The van der Waals surface area contributed by atoms with Crippen LogP contribution >= 0.6 is 22.6 Å². The number of halogens is 1. The van der Waals surface area contributed by atoms with Gasteiger partial charge >= 0.3 is 0 Å². The topological polar surface area (TPSA) is 67.2 Å². The van der Waals surface area contributed by atoms with Gasteiger partial charge < -0.3 is 15.1 Å². The molecule has 1 aromatic heterocycles. The lowest BCUT2D eigenvalue weighted by molar-refractivity contribution is 0.102. The summed E-state index contributed by atoms with van der Waals surface area (Å²) in [6, 6.07) is 7.73. The number of hydrogen-bond donors (Lipinski definition) is 2. The van der Waals surface area contributed by atoms with Crippen LogP contribution in [-0.4, -0.2) is 17.4 Å². The average molecular weight is 383 g/mol. The van der Waals surface area contributed by atoms with Crippen molar-refractivity contribution in [2.24, 2.45) is 0 Å². The Morgan fingerprint density at radius 1 is 1.40 bits per heavy atom. The van der Waals surface area contributed by atoms with Crippen LogP contribution in [0.5, 0.6) is 0 Å². The third kappa shape index (κ3) is 3.01. The van der Waals surface area contributed by atoms with E-state index in [9.17, 15) is 4.79 Å². The number of anilines is 1. The molecule has 1 aliphatic rings. The second-order valence-corrected chi connectivity index (χ2v) is 5.93. The quantitative estimate of drug-likeness (QED) is 0.800. The van der Waals surface area contributed by atoms with E-state index in [4.69, 9.17) is 4.42 Å². The molecule has 1 amide bonds. The highest BCUT2D eigenvalue weighted by Gasteiger charge is 2.22. The Bertz CT molecular complexity index is 603. The molecule has 0 bridgehead atoms. The fourth-order valence-corrected chi connectivity index (χ4v) is 2.54. The fraction of sp³-hybridized carbons (Fsp3) is 0.286. The van der Waals surface area contributed by atoms with E-state index in [0.717, 1.165) is 28.6 Å². The van der Waals surface area contributed by atoms with Gasteiger partial charge in [0, 0.05) is 9.26 Å². The van der Waals surface area contributed by atoms with Crippen molar-refractivity contribution < 1.29 is 9.21 Å². The maximum atomic E-state index is 12.1. The zero-order chi connectivity index (χ0) is 13.9. The van der Waals surface area contributed by atoms with Crippen molar-refractivity contribution in [2.75, 3.05) is 11.9 Å². The molecule has 20 heavy (non-hydrogen) atoms. The molecule has 1 aromatic carbocycles. The van der Waals surface area contributed by atoms with Crippen LogP contribution < -0.4 is 10.6 Å². The van der Waals surface area contributed by atoms with Crippen LogP contribution in [0.4, 0.5) is 5.69 Å². The van der Waals surface area contributed by atoms with E-state index < -0.39 is 0 Å². The molecule has 1 unspecified atom stereocenters. The maximum absolute atomic E-state index is 12.1. The number of nitrogens with one attached hydrogen (secondary N) is 2. The summed E-state index contributed by atoms with van der Waals surface area (Å²) in [4.78, 5) is 16.3. The Morgan fingerprint density at radius 2 is 2.20 bits per heavy atom. The lowest BCUT2D eigenvalue weighted by Crippen LogP contribution is -2.15. The van der Waals surface area contributed by atoms with Crippen molar-refractivity contribution in [3.05, 3.63) is 45.7 Å². The number of oxazole rings is 1. The van der Waals surface area contributed by atoms with Gasteiger partial charge in [-0.15, -0.1) is 0 Å². The minimum atomic E-state index is -0.251. The van der Waals surface area contributed by atoms with Crippen molar-refractivity contribution in [3.8, 4) is 0 Å². The van der Waals surface area contributed by atoms with Gasteiger partial charge in [-0.25, -0.2) is 4.98 Å². The Morgan fingerprint density at radius 3 is 2.90 bits per heavy atom. The van der Waals surface area contributed by atoms with Crippen molar-refractivity contribution in [1.82, 2.24) is 10.3 Å². The molecule has 2 heterocycles. The minimum Gasteiger partial charge on any atom is -0.446 e. The number of nitrogens with zero attached hydrogens (tertiary/aromatic N) is 1. The lowest BCUT2D eigenvalue weighted by Gasteiger charge is -2.03. The Kier molecular flexibility index (Phi) is 4.02. The molecule has 5 nitrogen and oxygen atoms in total. The summed E-state index contributed by atoms with van der Waals surface area (Å²) in [6.07, 6.45) is 3.52. The van der Waals surface area contributed by atoms with E-state index in [-0.39, 0.29) is 11.9 Å². The zero-order valence-electron chi connectivity index (χ0n) is 10.7. The van der Waals surface area contributed by atoms with Crippen LogP contribution in [0, 0.1) is 3.57 Å². The molecule has 0 saturated carbocycles. The normalized spacial score (nSPS) is 18.1. The first-order chi connectivity index (χ1) is 9.72. The molecule has 1 atom stereocenters. The highest BCUT2D eigenvalue weighted by atomic mass is 127. The summed E-state index contributed by atoms with van der Waals surface area (Å²) < 4.78 is 6.51. The largest absolute Gasteiger partial charge is 0.446 e. The van der Waals surface area contributed by atoms with Crippen molar-refractivity contribution in [1.29, 1.82) is 0 Å². The van der Waals surface area contributed by atoms with E-state index >= 15 is 0 Å². The van der Waals surface area contributed by atoms with Crippen LogP contribution in [-0.2, 0) is 0 Å². The summed E-state index contributed by atoms with van der Waals surface area (Å²) >= 11 is 2.22. The van der Waals surface area contributed by atoms with E-state index in [0.29, 0.717) is 11.6 Å². The molecule has 2 N–H and O–H groups in total. The molecule has 2 aromatic rings. The van der Waals surface area contributed by atoms with Gasteiger partial charge in [-0.2, -0.15) is 0 Å².